The summed E-state index contributed by atoms with van der Waals surface area (Å²) >= 11 is 6.79. The van der Waals surface area contributed by atoms with Gasteiger partial charge in [0.15, 0.2) is 5.13 Å². The zero-order chi connectivity index (χ0) is 23.8. The van der Waals surface area contributed by atoms with Crippen LogP contribution in [0.25, 0.3) is 22.2 Å². The fourth-order valence-corrected chi connectivity index (χ4v) is 3.85. The standard InChI is InChI=1S/C19H11ClF3N5O4S/c20-9-2-1-8(5-13(9)32-19(21,22)23)12-7-33-18(26-12)27-14(29)6-11-15-10(3-4-24-11)25-17(31)28-16(15)30/h1-5,7H,6H2,(H,26,27,29)(H2,25,28,30,31). The van der Waals surface area contributed by atoms with Crippen LogP contribution in [0, 0.1) is 0 Å². The number of nitrogens with zero attached hydrogens (tertiary/aromatic N) is 2. The van der Waals surface area contributed by atoms with E-state index in [0.717, 1.165) is 17.4 Å². The number of rotatable bonds is 5. The maximum atomic E-state index is 12.5. The molecule has 0 bridgehead atoms. The highest BCUT2D eigenvalue weighted by atomic mass is 35.5. The summed E-state index contributed by atoms with van der Waals surface area (Å²) in [7, 11) is 0. The Morgan fingerprint density at radius 2 is 2.00 bits per heavy atom. The molecule has 0 aliphatic heterocycles. The van der Waals surface area contributed by atoms with Crippen molar-refractivity contribution in [2.45, 2.75) is 12.8 Å². The summed E-state index contributed by atoms with van der Waals surface area (Å²) < 4.78 is 41.5. The minimum Gasteiger partial charge on any atom is -0.404 e. The number of benzene rings is 1. The molecule has 1 aromatic carbocycles. The third kappa shape index (κ3) is 5.21. The molecule has 1 amide bonds. The maximum absolute atomic E-state index is 12.5. The van der Waals surface area contributed by atoms with Crippen LogP contribution in [0.4, 0.5) is 18.3 Å². The van der Waals surface area contributed by atoms with Crippen molar-refractivity contribution >= 4 is 44.9 Å². The zero-order valence-corrected chi connectivity index (χ0v) is 17.7. The molecule has 0 atom stereocenters. The Balaban J connectivity index is 1.53. The van der Waals surface area contributed by atoms with Crippen molar-refractivity contribution < 1.29 is 22.7 Å². The number of amides is 1. The molecule has 0 radical (unpaired) electrons. The maximum Gasteiger partial charge on any atom is 0.573 e. The van der Waals surface area contributed by atoms with Crippen LogP contribution < -0.4 is 21.3 Å². The highest BCUT2D eigenvalue weighted by Crippen LogP contribution is 2.35. The molecule has 0 aliphatic rings. The van der Waals surface area contributed by atoms with Gasteiger partial charge in [-0.15, -0.1) is 24.5 Å². The Labute approximate surface area is 190 Å². The van der Waals surface area contributed by atoms with Crippen LogP contribution in [-0.2, 0) is 11.2 Å². The van der Waals surface area contributed by atoms with Crippen LogP contribution in [0.1, 0.15) is 5.69 Å². The van der Waals surface area contributed by atoms with Gasteiger partial charge in [0.1, 0.15) is 5.75 Å². The predicted molar refractivity (Wildman–Crippen MR) is 115 cm³/mol. The van der Waals surface area contributed by atoms with E-state index in [0.29, 0.717) is 5.56 Å². The topological polar surface area (TPSA) is 130 Å². The van der Waals surface area contributed by atoms with Crippen LogP contribution in [0.15, 0.2) is 45.4 Å². The molecule has 0 saturated carbocycles. The number of hydrogen-bond donors (Lipinski definition) is 3. The van der Waals surface area contributed by atoms with Gasteiger partial charge in [0, 0.05) is 17.1 Å². The van der Waals surface area contributed by atoms with Gasteiger partial charge in [-0.2, -0.15) is 0 Å². The third-order valence-corrected chi connectivity index (χ3v) is 5.33. The average molecular weight is 498 g/mol. The van der Waals surface area contributed by atoms with Gasteiger partial charge < -0.3 is 15.0 Å². The van der Waals surface area contributed by atoms with E-state index >= 15 is 0 Å². The summed E-state index contributed by atoms with van der Waals surface area (Å²) in [4.78, 5) is 48.8. The Bertz CT molecular complexity index is 1480. The Morgan fingerprint density at radius 1 is 1.21 bits per heavy atom. The van der Waals surface area contributed by atoms with Crippen molar-refractivity contribution in [3.8, 4) is 17.0 Å². The molecular formula is C19H11ClF3N5O4S. The van der Waals surface area contributed by atoms with Crippen molar-refractivity contribution in [2.24, 2.45) is 0 Å². The van der Waals surface area contributed by atoms with E-state index in [1.165, 1.54) is 29.8 Å². The molecule has 3 N–H and O–H groups in total. The lowest BCUT2D eigenvalue weighted by atomic mass is 10.1. The van der Waals surface area contributed by atoms with E-state index < -0.39 is 29.3 Å². The molecular weight excluding hydrogens is 487 g/mol. The lowest BCUT2D eigenvalue weighted by Crippen LogP contribution is -2.24. The van der Waals surface area contributed by atoms with Gasteiger partial charge >= 0.3 is 12.1 Å². The first-order valence-corrected chi connectivity index (χ1v) is 10.3. The van der Waals surface area contributed by atoms with E-state index in [2.05, 4.69) is 30.0 Å². The highest BCUT2D eigenvalue weighted by molar-refractivity contribution is 7.14. The van der Waals surface area contributed by atoms with Gasteiger partial charge in [-0.05, 0) is 18.2 Å². The predicted octanol–water partition coefficient (Wildman–Crippen LogP) is 3.47. The van der Waals surface area contributed by atoms with Crippen LogP contribution in [-0.4, -0.2) is 32.2 Å². The first-order chi connectivity index (χ1) is 15.6. The normalized spacial score (nSPS) is 11.5. The minimum absolute atomic E-state index is 0.0745. The fourth-order valence-electron chi connectivity index (χ4n) is 2.96. The number of ether oxygens (including phenoxy) is 1. The summed E-state index contributed by atoms with van der Waals surface area (Å²) in [6.07, 6.45) is -3.84. The first-order valence-electron chi connectivity index (χ1n) is 9.00. The molecule has 14 heteroatoms. The van der Waals surface area contributed by atoms with Gasteiger partial charge in [0.25, 0.3) is 5.56 Å². The summed E-state index contributed by atoms with van der Waals surface area (Å²) in [5, 5.41) is 4.10. The monoisotopic (exact) mass is 497 g/mol. The number of alkyl halides is 3. The molecule has 3 aromatic heterocycles. The Hall–Kier alpha value is -3.71. The highest BCUT2D eigenvalue weighted by Gasteiger charge is 2.32. The molecule has 33 heavy (non-hydrogen) atoms. The molecule has 0 spiro atoms. The van der Waals surface area contributed by atoms with Gasteiger partial charge in [0.05, 0.1) is 33.7 Å². The quantitative estimate of drug-likeness (QED) is 0.387. The van der Waals surface area contributed by atoms with E-state index in [1.807, 2.05) is 0 Å². The van der Waals surface area contributed by atoms with Crippen LogP contribution >= 0.6 is 22.9 Å². The third-order valence-electron chi connectivity index (χ3n) is 4.26. The van der Waals surface area contributed by atoms with Gasteiger partial charge in [-0.1, -0.05) is 17.7 Å². The number of anilines is 1. The largest absolute Gasteiger partial charge is 0.573 e. The number of aromatic nitrogens is 4. The van der Waals surface area contributed by atoms with Crippen molar-refractivity contribution in [3.63, 3.8) is 0 Å². The van der Waals surface area contributed by atoms with Crippen LogP contribution in [0.5, 0.6) is 5.75 Å². The number of nitrogens with one attached hydrogen (secondary N) is 3. The first kappa shape index (κ1) is 22.5. The smallest absolute Gasteiger partial charge is 0.404 e. The van der Waals surface area contributed by atoms with Gasteiger partial charge in [0.2, 0.25) is 5.91 Å². The molecule has 170 valence electrons. The number of hydrogen-bond acceptors (Lipinski definition) is 7. The van der Waals surface area contributed by atoms with Crippen molar-refractivity contribution in [2.75, 3.05) is 5.32 Å². The molecule has 0 saturated heterocycles. The number of fused-ring (bicyclic) bond motifs is 1. The van der Waals surface area contributed by atoms with Crippen LogP contribution in [0.2, 0.25) is 5.02 Å². The molecule has 0 unspecified atom stereocenters. The number of aromatic amines is 2. The summed E-state index contributed by atoms with van der Waals surface area (Å²) in [6.45, 7) is 0. The van der Waals surface area contributed by atoms with Crippen LogP contribution in [0.3, 0.4) is 0 Å². The SMILES string of the molecule is O=C(Cc1nccc2[nH]c(=O)[nH]c(=O)c12)Nc1nc(-c2ccc(Cl)c(OC(F)(F)F)c2)cs1. The second-order valence-electron chi connectivity index (χ2n) is 6.54. The molecule has 4 rings (SSSR count). The summed E-state index contributed by atoms with van der Waals surface area (Å²) in [5.41, 5.74) is -0.405. The number of pyridine rings is 1. The number of carbonyl (C=O) groups is 1. The number of halogens is 4. The number of carbonyl (C=O) groups excluding carboxylic acids is 1. The van der Waals surface area contributed by atoms with Crippen molar-refractivity contribution in [1.29, 1.82) is 0 Å². The molecule has 0 fully saturated rings. The number of H-pyrrole nitrogens is 2. The zero-order valence-electron chi connectivity index (χ0n) is 16.1. The lowest BCUT2D eigenvalue weighted by Gasteiger charge is -2.11. The van der Waals surface area contributed by atoms with Gasteiger partial charge in [-0.25, -0.2) is 9.78 Å². The van der Waals surface area contributed by atoms with Gasteiger partial charge in [-0.3, -0.25) is 19.6 Å². The second kappa shape index (κ2) is 8.67. The van der Waals surface area contributed by atoms with Crippen molar-refractivity contribution in [1.82, 2.24) is 19.9 Å². The fraction of sp³-hybridized carbons (Fsp3) is 0.105. The minimum atomic E-state index is -4.91. The van der Waals surface area contributed by atoms with E-state index in [4.69, 9.17) is 11.6 Å². The van der Waals surface area contributed by atoms with E-state index in [9.17, 15) is 27.6 Å². The second-order valence-corrected chi connectivity index (χ2v) is 7.81. The number of thiazole rings is 1. The summed E-state index contributed by atoms with van der Waals surface area (Å²) in [6, 6.07) is 5.22. The van der Waals surface area contributed by atoms with E-state index in [-0.39, 0.29) is 38.9 Å². The Morgan fingerprint density at radius 3 is 2.76 bits per heavy atom. The van der Waals surface area contributed by atoms with Crippen molar-refractivity contribution in [3.05, 3.63) is 67.4 Å². The molecule has 9 nitrogen and oxygen atoms in total. The molecule has 3 heterocycles. The lowest BCUT2D eigenvalue weighted by molar-refractivity contribution is -0.274. The Kier molecular flexibility index (Phi) is 5.91. The average Bonchev–Trinajstić information content (AvgIpc) is 3.16. The molecule has 0 aliphatic carbocycles. The van der Waals surface area contributed by atoms with E-state index in [1.54, 1.807) is 0 Å². The molecule has 4 aromatic rings. The summed E-state index contributed by atoms with van der Waals surface area (Å²) in [5.74, 6) is -1.12.